The van der Waals surface area contributed by atoms with Crippen molar-refractivity contribution in [1.82, 2.24) is 9.97 Å². The molecule has 2 aromatic heterocycles. The molecule has 0 spiro atoms. The van der Waals surface area contributed by atoms with Crippen molar-refractivity contribution in [3.8, 4) is 0 Å². The first-order valence-electron chi connectivity index (χ1n) is 3.06. The Kier molecular flexibility index (Phi) is 1.42. The average molecular weight is 215 g/mol. The van der Waals surface area contributed by atoms with E-state index in [0.717, 1.165) is 9.86 Å². The fourth-order valence-electron chi connectivity index (χ4n) is 0.986. The average Bonchev–Trinajstić information content (AvgIpc) is 2.35. The Morgan fingerprint density at radius 3 is 3.09 bits per heavy atom. The van der Waals surface area contributed by atoms with Crippen LogP contribution in [0.25, 0.3) is 10.9 Å². The molecule has 0 aromatic carbocycles. The van der Waals surface area contributed by atoms with Gasteiger partial charge in [0, 0.05) is 22.3 Å². The molecular weight excluding hydrogens is 211 g/mol. The summed E-state index contributed by atoms with van der Waals surface area (Å²) >= 11 is 3.28. The summed E-state index contributed by atoms with van der Waals surface area (Å²) in [6.45, 7) is 0. The summed E-state index contributed by atoms with van der Waals surface area (Å²) in [5, 5.41) is 0.817. The molecule has 0 atom stereocenters. The predicted molar refractivity (Wildman–Crippen MR) is 43.8 cm³/mol. The van der Waals surface area contributed by atoms with Gasteiger partial charge in [0.15, 0.2) is 0 Å². The lowest BCUT2D eigenvalue weighted by atomic mass is 10.3. The minimum Gasteiger partial charge on any atom is -0.356 e. The van der Waals surface area contributed by atoms with E-state index in [2.05, 4.69) is 25.9 Å². The Morgan fingerprint density at radius 1 is 1.55 bits per heavy atom. The molecule has 56 valence electrons. The van der Waals surface area contributed by atoms with Gasteiger partial charge in [-0.05, 0) is 22.0 Å². The zero-order chi connectivity index (χ0) is 7.84. The highest BCUT2D eigenvalue weighted by molar-refractivity contribution is 9.10. The van der Waals surface area contributed by atoms with Gasteiger partial charge in [0.05, 0.1) is 0 Å². The van der Waals surface area contributed by atoms with Crippen LogP contribution in [0.15, 0.2) is 22.9 Å². The Hall–Kier alpha value is -0.900. The van der Waals surface area contributed by atoms with Crippen LogP contribution in [0, 0.1) is 5.95 Å². The van der Waals surface area contributed by atoms with Crippen molar-refractivity contribution in [1.29, 1.82) is 0 Å². The molecule has 0 fully saturated rings. The summed E-state index contributed by atoms with van der Waals surface area (Å²) in [5.41, 5.74) is 0.444. The van der Waals surface area contributed by atoms with E-state index < -0.39 is 5.95 Å². The third-order valence-corrected chi connectivity index (χ3v) is 2.16. The predicted octanol–water partition coefficient (Wildman–Crippen LogP) is 2.46. The van der Waals surface area contributed by atoms with E-state index in [4.69, 9.17) is 0 Å². The fourth-order valence-corrected chi connectivity index (χ4v) is 1.43. The number of nitrogens with zero attached hydrogens (tertiary/aromatic N) is 1. The Bertz CT molecular complexity index is 396. The molecule has 0 radical (unpaired) electrons. The SMILES string of the molecule is Fc1nccc2c(Br)c[nH]c12. The summed E-state index contributed by atoms with van der Waals surface area (Å²) in [5.74, 6) is -0.465. The lowest BCUT2D eigenvalue weighted by Gasteiger charge is -1.89. The highest BCUT2D eigenvalue weighted by Crippen LogP contribution is 2.23. The van der Waals surface area contributed by atoms with Crippen LogP contribution < -0.4 is 0 Å². The Morgan fingerprint density at radius 2 is 2.36 bits per heavy atom. The molecule has 0 bridgehead atoms. The van der Waals surface area contributed by atoms with Gasteiger partial charge >= 0.3 is 0 Å². The molecular formula is C7H4BrFN2. The number of aromatic nitrogens is 2. The monoisotopic (exact) mass is 214 g/mol. The molecule has 0 aliphatic carbocycles. The van der Waals surface area contributed by atoms with Crippen LogP contribution in [0.3, 0.4) is 0 Å². The quantitative estimate of drug-likeness (QED) is 0.671. The number of hydrogen-bond acceptors (Lipinski definition) is 1. The Labute approximate surface area is 70.6 Å². The van der Waals surface area contributed by atoms with E-state index in [-0.39, 0.29) is 0 Å². The van der Waals surface area contributed by atoms with E-state index in [9.17, 15) is 4.39 Å². The second-order valence-electron chi connectivity index (χ2n) is 2.16. The van der Waals surface area contributed by atoms with Gasteiger partial charge in [-0.15, -0.1) is 0 Å². The molecule has 1 N–H and O–H groups in total. The summed E-state index contributed by atoms with van der Waals surface area (Å²) in [6.07, 6.45) is 3.13. The fraction of sp³-hybridized carbons (Fsp3) is 0. The van der Waals surface area contributed by atoms with Crippen molar-refractivity contribution in [2.75, 3.05) is 0 Å². The van der Waals surface area contributed by atoms with Crippen LogP contribution in [0.4, 0.5) is 4.39 Å². The number of H-pyrrole nitrogens is 1. The number of halogens is 2. The highest BCUT2D eigenvalue weighted by atomic mass is 79.9. The maximum Gasteiger partial charge on any atom is 0.237 e. The van der Waals surface area contributed by atoms with Gasteiger partial charge in [0.25, 0.3) is 0 Å². The molecule has 2 nitrogen and oxygen atoms in total. The lowest BCUT2D eigenvalue weighted by Crippen LogP contribution is -1.81. The van der Waals surface area contributed by atoms with Crippen molar-refractivity contribution in [2.24, 2.45) is 0 Å². The molecule has 2 rings (SSSR count). The van der Waals surface area contributed by atoms with Crippen LogP contribution in [-0.2, 0) is 0 Å². The Balaban J connectivity index is 2.94. The number of nitrogens with one attached hydrogen (secondary N) is 1. The smallest absolute Gasteiger partial charge is 0.237 e. The maximum absolute atomic E-state index is 12.8. The summed E-state index contributed by atoms with van der Waals surface area (Å²) in [6, 6.07) is 1.75. The molecule has 0 aliphatic heterocycles. The summed E-state index contributed by atoms with van der Waals surface area (Å²) in [4.78, 5) is 6.27. The van der Waals surface area contributed by atoms with Crippen LogP contribution >= 0.6 is 15.9 Å². The summed E-state index contributed by atoms with van der Waals surface area (Å²) in [7, 11) is 0. The van der Waals surface area contributed by atoms with E-state index in [1.165, 1.54) is 6.20 Å². The van der Waals surface area contributed by atoms with E-state index >= 15 is 0 Å². The van der Waals surface area contributed by atoms with Gasteiger partial charge in [-0.3, -0.25) is 0 Å². The van der Waals surface area contributed by atoms with Crippen molar-refractivity contribution in [3.05, 3.63) is 28.9 Å². The normalized spacial score (nSPS) is 10.7. The van der Waals surface area contributed by atoms with E-state index in [0.29, 0.717) is 5.52 Å². The van der Waals surface area contributed by atoms with Gasteiger partial charge in [-0.25, -0.2) is 4.98 Å². The van der Waals surface area contributed by atoms with Crippen LogP contribution in [0.1, 0.15) is 0 Å². The maximum atomic E-state index is 12.8. The van der Waals surface area contributed by atoms with Gasteiger partial charge in [-0.1, -0.05) is 0 Å². The molecule has 2 aromatic rings. The minimum absolute atomic E-state index is 0.444. The lowest BCUT2D eigenvalue weighted by molar-refractivity contribution is 0.594. The molecule has 0 amide bonds. The first kappa shape index (κ1) is 6.79. The molecule has 0 saturated carbocycles. The molecule has 0 aliphatic rings. The van der Waals surface area contributed by atoms with Gasteiger partial charge in [-0.2, -0.15) is 4.39 Å². The van der Waals surface area contributed by atoms with Crippen molar-refractivity contribution < 1.29 is 4.39 Å². The number of fused-ring (bicyclic) bond motifs is 1. The number of pyridine rings is 1. The van der Waals surface area contributed by atoms with Crippen LogP contribution in [-0.4, -0.2) is 9.97 Å². The van der Waals surface area contributed by atoms with Gasteiger partial charge < -0.3 is 4.98 Å². The minimum atomic E-state index is -0.465. The van der Waals surface area contributed by atoms with Crippen molar-refractivity contribution >= 4 is 26.8 Å². The van der Waals surface area contributed by atoms with Crippen molar-refractivity contribution in [2.45, 2.75) is 0 Å². The molecule has 11 heavy (non-hydrogen) atoms. The first-order chi connectivity index (χ1) is 5.29. The second kappa shape index (κ2) is 2.30. The third-order valence-electron chi connectivity index (χ3n) is 1.51. The largest absolute Gasteiger partial charge is 0.356 e. The van der Waals surface area contributed by atoms with Gasteiger partial charge in [0.1, 0.15) is 5.52 Å². The van der Waals surface area contributed by atoms with E-state index in [1.54, 1.807) is 12.3 Å². The first-order valence-corrected chi connectivity index (χ1v) is 3.85. The van der Waals surface area contributed by atoms with Gasteiger partial charge in [0.2, 0.25) is 5.95 Å². The third kappa shape index (κ3) is 0.939. The van der Waals surface area contributed by atoms with Crippen molar-refractivity contribution in [3.63, 3.8) is 0 Å². The van der Waals surface area contributed by atoms with Crippen LogP contribution in [0.5, 0.6) is 0 Å². The molecule has 0 unspecified atom stereocenters. The van der Waals surface area contributed by atoms with Crippen LogP contribution in [0.2, 0.25) is 0 Å². The zero-order valence-electron chi connectivity index (χ0n) is 5.44. The number of rotatable bonds is 0. The molecule has 4 heteroatoms. The standard InChI is InChI=1S/C7H4BrFN2/c8-5-3-11-6-4(5)1-2-10-7(6)9/h1-3,11H. The second-order valence-corrected chi connectivity index (χ2v) is 3.02. The topological polar surface area (TPSA) is 28.7 Å². The number of hydrogen-bond donors (Lipinski definition) is 1. The zero-order valence-corrected chi connectivity index (χ0v) is 7.02. The highest BCUT2D eigenvalue weighted by Gasteiger charge is 2.04. The molecule has 0 saturated heterocycles. The number of aromatic amines is 1. The molecule has 2 heterocycles. The summed E-state index contributed by atoms with van der Waals surface area (Å²) < 4.78 is 13.7. The van der Waals surface area contributed by atoms with E-state index in [1.807, 2.05) is 0 Å².